The number of hydrogen-bond acceptors (Lipinski definition) is 5. The van der Waals surface area contributed by atoms with Crippen LogP contribution in [0.4, 0.5) is 0 Å². The lowest BCUT2D eigenvalue weighted by Crippen LogP contribution is -2.45. The van der Waals surface area contributed by atoms with Crippen molar-refractivity contribution in [3.05, 3.63) is 0 Å². The topological polar surface area (TPSA) is 105 Å². The highest BCUT2D eigenvalue weighted by Gasteiger charge is 2.33. The van der Waals surface area contributed by atoms with E-state index >= 15 is 0 Å². The van der Waals surface area contributed by atoms with Crippen LogP contribution in [0.5, 0.6) is 0 Å². The minimum atomic E-state index is -3.41. The van der Waals surface area contributed by atoms with Crippen LogP contribution < -0.4 is 5.73 Å². The molecule has 0 unspecified atom stereocenters. The first-order chi connectivity index (χ1) is 8.52. The van der Waals surface area contributed by atoms with Crippen molar-refractivity contribution in [2.24, 2.45) is 10.9 Å². The number of hydrogen-bond donors (Lipinski definition) is 2. The average molecular weight is 279 g/mol. The highest BCUT2D eigenvalue weighted by molar-refractivity contribution is 7.89. The van der Waals surface area contributed by atoms with E-state index in [0.29, 0.717) is 39.0 Å². The lowest BCUT2D eigenvalue weighted by molar-refractivity contribution is 0.0973. The minimum Gasteiger partial charge on any atom is -0.409 e. The summed E-state index contributed by atoms with van der Waals surface area (Å²) >= 11 is 0. The summed E-state index contributed by atoms with van der Waals surface area (Å²) in [5, 5.41) is 11.0. The van der Waals surface area contributed by atoms with Crippen LogP contribution in [0.3, 0.4) is 0 Å². The van der Waals surface area contributed by atoms with E-state index in [-0.39, 0.29) is 12.4 Å². The Morgan fingerprint density at radius 2 is 2.11 bits per heavy atom. The summed E-state index contributed by atoms with van der Waals surface area (Å²) in [6.07, 6.45) is 1.68. The predicted molar refractivity (Wildman–Crippen MR) is 68.0 cm³/mol. The number of ether oxygens (including phenoxy) is 1. The zero-order valence-electron chi connectivity index (χ0n) is 10.6. The lowest BCUT2D eigenvalue weighted by atomic mass is 10.2. The van der Waals surface area contributed by atoms with Gasteiger partial charge in [-0.25, -0.2) is 8.42 Å². The van der Waals surface area contributed by atoms with E-state index in [1.807, 2.05) is 6.92 Å². The summed E-state index contributed by atoms with van der Waals surface area (Å²) in [6, 6.07) is 0. The fourth-order valence-electron chi connectivity index (χ4n) is 1.94. The molecule has 0 atom stereocenters. The van der Waals surface area contributed by atoms with Crippen LogP contribution in [-0.2, 0) is 14.8 Å². The highest BCUT2D eigenvalue weighted by atomic mass is 32.2. The summed E-state index contributed by atoms with van der Waals surface area (Å²) in [4.78, 5) is 0. The third-order valence-electron chi connectivity index (χ3n) is 2.89. The molecule has 7 nitrogen and oxygen atoms in total. The summed E-state index contributed by atoms with van der Waals surface area (Å²) in [6.45, 7) is 3.12. The van der Waals surface area contributed by atoms with Gasteiger partial charge in [-0.2, -0.15) is 4.31 Å². The lowest BCUT2D eigenvalue weighted by Gasteiger charge is -2.29. The van der Waals surface area contributed by atoms with E-state index < -0.39 is 15.3 Å². The quantitative estimate of drug-likeness (QED) is 0.307. The number of nitrogens with two attached hydrogens (primary N) is 1. The first kappa shape index (κ1) is 15.2. The van der Waals surface area contributed by atoms with Crippen LogP contribution in [0.25, 0.3) is 0 Å². The number of nitrogens with zero attached hydrogens (tertiary/aromatic N) is 2. The van der Waals surface area contributed by atoms with Gasteiger partial charge in [0.25, 0.3) is 0 Å². The molecule has 0 aromatic heterocycles. The standard InChI is InChI=1S/C10H21N3O4S/c1-2-5-13(8-10(11)12-14)18(15,16)9-3-6-17-7-4-9/h9,14H,2-8H2,1H3,(H2,11,12). The van der Waals surface area contributed by atoms with Crippen molar-refractivity contribution in [1.82, 2.24) is 4.31 Å². The van der Waals surface area contributed by atoms with E-state index in [0.717, 1.165) is 0 Å². The molecule has 0 spiro atoms. The van der Waals surface area contributed by atoms with Crippen LogP contribution in [0.2, 0.25) is 0 Å². The smallest absolute Gasteiger partial charge is 0.217 e. The van der Waals surface area contributed by atoms with Crippen molar-refractivity contribution in [2.75, 3.05) is 26.3 Å². The maximum atomic E-state index is 12.4. The fourth-order valence-corrected chi connectivity index (χ4v) is 3.90. The van der Waals surface area contributed by atoms with Gasteiger partial charge in [0.1, 0.15) is 0 Å². The molecule has 1 aliphatic heterocycles. The Kier molecular flexibility index (Phi) is 5.83. The molecule has 0 aliphatic carbocycles. The second-order valence-electron chi connectivity index (χ2n) is 4.28. The summed E-state index contributed by atoms with van der Waals surface area (Å²) in [5.74, 6) is -0.0981. The number of sulfonamides is 1. The van der Waals surface area contributed by atoms with Gasteiger partial charge >= 0.3 is 0 Å². The van der Waals surface area contributed by atoms with Crippen LogP contribution in [0, 0.1) is 0 Å². The van der Waals surface area contributed by atoms with Gasteiger partial charge in [-0.3, -0.25) is 0 Å². The molecule has 0 saturated carbocycles. The van der Waals surface area contributed by atoms with Crippen LogP contribution in [0.1, 0.15) is 26.2 Å². The summed E-state index contributed by atoms with van der Waals surface area (Å²) in [5.41, 5.74) is 5.40. The predicted octanol–water partition coefficient (Wildman–Crippen LogP) is -0.0464. The van der Waals surface area contributed by atoms with E-state index in [9.17, 15) is 8.42 Å². The van der Waals surface area contributed by atoms with Gasteiger partial charge in [0.2, 0.25) is 10.0 Å². The Labute approximate surface area is 108 Å². The van der Waals surface area contributed by atoms with E-state index in [4.69, 9.17) is 15.7 Å². The Hall–Kier alpha value is -0.860. The Bertz CT molecular complexity index is 377. The largest absolute Gasteiger partial charge is 0.409 e. The number of oxime groups is 1. The van der Waals surface area contributed by atoms with Gasteiger partial charge in [-0.1, -0.05) is 12.1 Å². The molecular formula is C10H21N3O4S. The molecule has 0 aromatic rings. The molecule has 0 radical (unpaired) electrons. The molecule has 18 heavy (non-hydrogen) atoms. The molecule has 0 bridgehead atoms. The second-order valence-corrected chi connectivity index (χ2v) is 6.49. The SMILES string of the molecule is CCCN(CC(N)=NO)S(=O)(=O)C1CCOCC1. The molecule has 1 saturated heterocycles. The fraction of sp³-hybridized carbons (Fsp3) is 0.900. The zero-order chi connectivity index (χ0) is 13.6. The highest BCUT2D eigenvalue weighted by Crippen LogP contribution is 2.19. The van der Waals surface area contributed by atoms with E-state index in [1.54, 1.807) is 0 Å². The van der Waals surface area contributed by atoms with Crippen LogP contribution >= 0.6 is 0 Å². The average Bonchev–Trinajstić information content (AvgIpc) is 2.39. The van der Waals surface area contributed by atoms with Crippen molar-refractivity contribution in [1.29, 1.82) is 0 Å². The monoisotopic (exact) mass is 279 g/mol. The van der Waals surface area contributed by atoms with Crippen molar-refractivity contribution in [3.63, 3.8) is 0 Å². The van der Waals surface area contributed by atoms with Crippen molar-refractivity contribution in [3.8, 4) is 0 Å². The molecule has 0 amide bonds. The van der Waals surface area contributed by atoms with Gasteiger partial charge < -0.3 is 15.7 Å². The second kappa shape index (κ2) is 6.91. The summed E-state index contributed by atoms with van der Waals surface area (Å²) in [7, 11) is -3.41. The van der Waals surface area contributed by atoms with Crippen LogP contribution in [-0.4, -0.2) is 55.3 Å². The Morgan fingerprint density at radius 3 is 2.61 bits per heavy atom. The minimum absolute atomic E-state index is 0.0654. The van der Waals surface area contributed by atoms with E-state index in [1.165, 1.54) is 4.31 Å². The van der Waals surface area contributed by atoms with Crippen molar-refractivity contribution in [2.45, 2.75) is 31.4 Å². The van der Waals surface area contributed by atoms with Crippen LogP contribution in [0.15, 0.2) is 5.16 Å². The number of rotatable bonds is 6. The van der Waals surface area contributed by atoms with Crippen molar-refractivity contribution >= 4 is 15.9 Å². The molecular weight excluding hydrogens is 258 g/mol. The molecule has 106 valence electrons. The van der Waals surface area contributed by atoms with Gasteiger partial charge in [0.15, 0.2) is 5.84 Å². The first-order valence-corrected chi connectivity index (χ1v) is 7.55. The third-order valence-corrected chi connectivity index (χ3v) is 5.23. The molecule has 1 fully saturated rings. The molecule has 1 heterocycles. The van der Waals surface area contributed by atoms with Gasteiger partial charge in [0, 0.05) is 19.8 Å². The molecule has 3 N–H and O–H groups in total. The van der Waals surface area contributed by atoms with Gasteiger partial charge in [-0.15, -0.1) is 0 Å². The van der Waals surface area contributed by atoms with E-state index in [2.05, 4.69) is 5.16 Å². The third kappa shape index (κ3) is 3.82. The zero-order valence-corrected chi connectivity index (χ0v) is 11.4. The Morgan fingerprint density at radius 1 is 1.50 bits per heavy atom. The first-order valence-electron chi connectivity index (χ1n) is 6.05. The maximum Gasteiger partial charge on any atom is 0.217 e. The van der Waals surface area contributed by atoms with Gasteiger partial charge in [-0.05, 0) is 19.3 Å². The molecule has 8 heteroatoms. The molecule has 0 aromatic carbocycles. The molecule has 1 aliphatic rings. The number of amidine groups is 1. The maximum absolute atomic E-state index is 12.4. The normalized spacial score (nSPS) is 19.3. The van der Waals surface area contributed by atoms with Gasteiger partial charge in [0.05, 0.1) is 11.8 Å². The Balaban J connectivity index is 2.81. The molecule has 1 rings (SSSR count). The van der Waals surface area contributed by atoms with Crippen molar-refractivity contribution < 1.29 is 18.4 Å². The summed E-state index contributed by atoms with van der Waals surface area (Å²) < 4.78 is 31.3.